The van der Waals surface area contributed by atoms with Crippen LogP contribution in [0.3, 0.4) is 0 Å². The van der Waals surface area contributed by atoms with Gasteiger partial charge in [-0.15, -0.1) is 0 Å². The van der Waals surface area contributed by atoms with E-state index in [1.807, 2.05) is 6.07 Å². The van der Waals surface area contributed by atoms with Crippen LogP contribution in [-0.4, -0.2) is 19.4 Å². The lowest BCUT2D eigenvalue weighted by molar-refractivity contribution is -0.168. The largest absolute Gasteiger partial charge is 0.469 e. The van der Waals surface area contributed by atoms with Gasteiger partial charge in [0, 0.05) is 5.56 Å². The summed E-state index contributed by atoms with van der Waals surface area (Å²) >= 11 is 0. The van der Waals surface area contributed by atoms with Gasteiger partial charge < -0.3 is 9.15 Å². The van der Waals surface area contributed by atoms with E-state index < -0.39 is 5.41 Å². The van der Waals surface area contributed by atoms with Gasteiger partial charge in [-0.2, -0.15) is 0 Å². The molecule has 0 radical (unpaired) electrons. The first-order valence-electron chi connectivity index (χ1n) is 9.64. The van der Waals surface area contributed by atoms with Crippen molar-refractivity contribution in [2.75, 3.05) is 7.11 Å². The standard InChI is InChI=1S/C22H30O4/c1-15-6-9-19-21(2,11-5-12-22(19,3)20(24)25-4)17(15)8-7-16-10-13-26-18(16)14-23/h10,13-14,17,19H,1,5-9,11-12H2,2-4H3/t17-,19?,21+,22?/m0/s1. The molecule has 4 heteroatoms. The van der Waals surface area contributed by atoms with Crippen molar-refractivity contribution < 1.29 is 18.7 Å². The molecule has 0 amide bonds. The molecule has 0 aromatic carbocycles. The van der Waals surface area contributed by atoms with Gasteiger partial charge in [0.1, 0.15) is 0 Å². The summed E-state index contributed by atoms with van der Waals surface area (Å²) in [6.45, 7) is 8.80. The molecule has 1 heterocycles. The molecule has 0 saturated heterocycles. The number of furan rings is 1. The summed E-state index contributed by atoms with van der Waals surface area (Å²) in [6.07, 6.45) is 9.10. The van der Waals surface area contributed by atoms with E-state index in [1.165, 1.54) is 12.7 Å². The van der Waals surface area contributed by atoms with Gasteiger partial charge >= 0.3 is 5.97 Å². The quantitative estimate of drug-likeness (QED) is 0.423. The third-order valence-corrected chi connectivity index (χ3v) is 7.26. The van der Waals surface area contributed by atoms with Crippen LogP contribution in [0.15, 0.2) is 28.9 Å². The van der Waals surface area contributed by atoms with E-state index in [2.05, 4.69) is 20.4 Å². The molecule has 0 bridgehead atoms. The van der Waals surface area contributed by atoms with E-state index in [4.69, 9.17) is 9.15 Å². The third kappa shape index (κ3) is 2.93. The highest BCUT2D eigenvalue weighted by Gasteiger charge is 2.57. The van der Waals surface area contributed by atoms with Gasteiger partial charge in [0.05, 0.1) is 18.8 Å². The number of allylic oxidation sites excluding steroid dienone is 1. The summed E-state index contributed by atoms with van der Waals surface area (Å²) in [5.41, 5.74) is 1.88. The normalized spacial score (nSPS) is 34.2. The summed E-state index contributed by atoms with van der Waals surface area (Å²) in [6, 6.07) is 1.88. The van der Waals surface area contributed by atoms with Crippen molar-refractivity contribution in [3.05, 3.63) is 35.8 Å². The zero-order chi connectivity index (χ0) is 18.9. The van der Waals surface area contributed by atoms with Crippen molar-refractivity contribution in [3.63, 3.8) is 0 Å². The molecule has 1 aromatic heterocycles. The molecule has 3 rings (SSSR count). The number of ether oxygens (including phenoxy) is 1. The number of fused-ring (bicyclic) bond motifs is 1. The van der Waals surface area contributed by atoms with E-state index in [9.17, 15) is 9.59 Å². The molecule has 4 atom stereocenters. The smallest absolute Gasteiger partial charge is 0.311 e. The lowest BCUT2D eigenvalue weighted by Crippen LogP contribution is -2.53. The van der Waals surface area contributed by atoms with Crippen LogP contribution in [0.1, 0.15) is 68.5 Å². The van der Waals surface area contributed by atoms with Crippen LogP contribution in [0.2, 0.25) is 0 Å². The molecule has 2 aliphatic rings. The predicted octanol–water partition coefficient (Wildman–Crippen LogP) is 4.98. The van der Waals surface area contributed by atoms with E-state index in [-0.39, 0.29) is 11.4 Å². The van der Waals surface area contributed by atoms with Gasteiger partial charge in [0.2, 0.25) is 0 Å². The minimum Gasteiger partial charge on any atom is -0.469 e. The highest BCUT2D eigenvalue weighted by Crippen LogP contribution is 2.62. The molecule has 2 fully saturated rings. The first-order valence-corrected chi connectivity index (χ1v) is 9.64. The Kier molecular flexibility index (Phi) is 5.14. The molecule has 26 heavy (non-hydrogen) atoms. The Morgan fingerprint density at radius 1 is 1.42 bits per heavy atom. The Labute approximate surface area is 156 Å². The Balaban J connectivity index is 1.86. The zero-order valence-electron chi connectivity index (χ0n) is 16.2. The number of esters is 1. The number of methoxy groups -OCH3 is 1. The second kappa shape index (κ2) is 7.05. The lowest BCUT2D eigenvalue weighted by atomic mass is 9.46. The Hall–Kier alpha value is -1.84. The van der Waals surface area contributed by atoms with Crippen LogP contribution in [0.25, 0.3) is 0 Å². The summed E-state index contributed by atoms with van der Waals surface area (Å²) in [7, 11) is 1.50. The zero-order valence-corrected chi connectivity index (χ0v) is 16.2. The topological polar surface area (TPSA) is 56.5 Å². The highest BCUT2D eigenvalue weighted by atomic mass is 16.5. The minimum absolute atomic E-state index is 0.0433. The highest BCUT2D eigenvalue weighted by molar-refractivity contribution is 5.77. The predicted molar refractivity (Wildman–Crippen MR) is 99.9 cm³/mol. The lowest BCUT2D eigenvalue weighted by Gasteiger charge is -2.57. The monoisotopic (exact) mass is 358 g/mol. The maximum Gasteiger partial charge on any atom is 0.311 e. The third-order valence-electron chi connectivity index (χ3n) is 7.26. The van der Waals surface area contributed by atoms with Crippen molar-refractivity contribution in [1.82, 2.24) is 0 Å². The van der Waals surface area contributed by atoms with Crippen LogP contribution in [-0.2, 0) is 16.0 Å². The molecule has 0 aliphatic heterocycles. The van der Waals surface area contributed by atoms with E-state index in [1.54, 1.807) is 6.26 Å². The summed E-state index contributed by atoms with van der Waals surface area (Å²) in [4.78, 5) is 23.7. The second-order valence-electron chi connectivity index (χ2n) is 8.54. The minimum atomic E-state index is -0.412. The average Bonchev–Trinajstić information content (AvgIpc) is 3.07. The first-order chi connectivity index (χ1) is 12.4. The van der Waals surface area contributed by atoms with E-state index in [0.717, 1.165) is 56.8 Å². The van der Waals surface area contributed by atoms with Crippen LogP contribution < -0.4 is 0 Å². The number of carbonyl (C=O) groups is 2. The summed E-state index contributed by atoms with van der Waals surface area (Å²) in [5, 5.41) is 0. The van der Waals surface area contributed by atoms with Gasteiger partial charge in [-0.25, -0.2) is 0 Å². The molecule has 2 saturated carbocycles. The maximum atomic E-state index is 12.6. The Morgan fingerprint density at radius 3 is 2.88 bits per heavy atom. The van der Waals surface area contributed by atoms with Crippen LogP contribution in [0.4, 0.5) is 0 Å². The molecule has 4 nitrogen and oxygen atoms in total. The van der Waals surface area contributed by atoms with Crippen LogP contribution in [0.5, 0.6) is 0 Å². The van der Waals surface area contributed by atoms with Crippen molar-refractivity contribution in [1.29, 1.82) is 0 Å². The fraction of sp³-hybridized carbons (Fsp3) is 0.636. The van der Waals surface area contributed by atoms with E-state index in [0.29, 0.717) is 17.6 Å². The van der Waals surface area contributed by atoms with Crippen molar-refractivity contribution in [2.45, 2.75) is 58.8 Å². The first kappa shape index (κ1) is 18.9. The SMILES string of the molecule is C=C1CCC2C(C)(C(=O)OC)CCC[C@]2(C)[C@H]1CCc1ccoc1C=O. The molecule has 142 valence electrons. The van der Waals surface area contributed by atoms with Gasteiger partial charge in [-0.3, -0.25) is 9.59 Å². The molecule has 2 unspecified atom stereocenters. The fourth-order valence-corrected chi connectivity index (χ4v) is 5.92. The van der Waals surface area contributed by atoms with Crippen molar-refractivity contribution in [2.24, 2.45) is 22.7 Å². The number of hydrogen-bond acceptors (Lipinski definition) is 4. The van der Waals surface area contributed by atoms with Crippen molar-refractivity contribution >= 4 is 12.3 Å². The van der Waals surface area contributed by atoms with Gasteiger partial charge in [0.15, 0.2) is 12.0 Å². The van der Waals surface area contributed by atoms with Crippen molar-refractivity contribution in [3.8, 4) is 0 Å². The average molecular weight is 358 g/mol. The molecular formula is C22H30O4. The van der Waals surface area contributed by atoms with E-state index >= 15 is 0 Å². The van der Waals surface area contributed by atoms with Gasteiger partial charge in [-0.05, 0) is 68.8 Å². The molecule has 0 spiro atoms. The summed E-state index contributed by atoms with van der Waals surface area (Å²) < 4.78 is 10.4. The number of aldehydes is 1. The number of carbonyl (C=O) groups excluding carboxylic acids is 2. The summed E-state index contributed by atoms with van der Waals surface area (Å²) in [5.74, 6) is 1.01. The maximum absolute atomic E-state index is 12.6. The number of hydrogen-bond donors (Lipinski definition) is 0. The van der Waals surface area contributed by atoms with Gasteiger partial charge in [-0.1, -0.05) is 25.5 Å². The number of rotatable bonds is 5. The van der Waals surface area contributed by atoms with Crippen LogP contribution in [0, 0.1) is 22.7 Å². The van der Waals surface area contributed by atoms with Crippen LogP contribution >= 0.6 is 0 Å². The Morgan fingerprint density at radius 2 is 2.19 bits per heavy atom. The Bertz CT molecular complexity index is 703. The fourth-order valence-electron chi connectivity index (χ4n) is 5.92. The number of aryl methyl sites for hydroxylation is 1. The molecule has 0 N–H and O–H groups in total. The van der Waals surface area contributed by atoms with Gasteiger partial charge in [0.25, 0.3) is 0 Å². The second-order valence-corrected chi connectivity index (χ2v) is 8.54. The molecule has 1 aromatic rings. The molecular weight excluding hydrogens is 328 g/mol. The molecule has 2 aliphatic carbocycles.